The van der Waals surface area contributed by atoms with Crippen molar-refractivity contribution in [3.8, 4) is 0 Å². The van der Waals surface area contributed by atoms with Crippen LogP contribution in [0.5, 0.6) is 0 Å². The summed E-state index contributed by atoms with van der Waals surface area (Å²) in [5.74, 6) is -0.364. The van der Waals surface area contributed by atoms with Crippen molar-refractivity contribution in [3.63, 3.8) is 0 Å². The van der Waals surface area contributed by atoms with Crippen LogP contribution in [0.4, 0.5) is 5.69 Å². The van der Waals surface area contributed by atoms with E-state index >= 15 is 0 Å². The van der Waals surface area contributed by atoms with Crippen LogP contribution in [0.1, 0.15) is 56.2 Å². The van der Waals surface area contributed by atoms with E-state index < -0.39 is 16.1 Å². The maximum absolute atomic E-state index is 13.3. The summed E-state index contributed by atoms with van der Waals surface area (Å²) in [5.41, 5.74) is 3.38. The molecule has 35 heavy (non-hydrogen) atoms. The lowest BCUT2D eigenvalue weighted by atomic mass is 10.1. The van der Waals surface area contributed by atoms with Gasteiger partial charge in [-0.25, -0.2) is 8.42 Å². The molecule has 2 amide bonds. The van der Waals surface area contributed by atoms with Crippen LogP contribution in [0.25, 0.3) is 0 Å². The molecule has 1 atom stereocenters. The van der Waals surface area contributed by atoms with Gasteiger partial charge in [-0.1, -0.05) is 55.8 Å². The number of carbonyl (C=O) groups excluding carboxylic acids is 2. The Bertz CT molecular complexity index is 1090. The molecule has 0 aliphatic rings. The molecule has 0 heterocycles. The van der Waals surface area contributed by atoms with Crippen LogP contribution in [0.2, 0.25) is 0 Å². The van der Waals surface area contributed by atoms with Crippen molar-refractivity contribution in [1.29, 1.82) is 0 Å². The smallest absolute Gasteiger partial charge is 0.242 e. The zero-order valence-electron chi connectivity index (χ0n) is 21.6. The van der Waals surface area contributed by atoms with E-state index in [9.17, 15) is 18.0 Å². The summed E-state index contributed by atoms with van der Waals surface area (Å²) in [4.78, 5) is 27.6. The Morgan fingerprint density at radius 1 is 1.03 bits per heavy atom. The number of aryl methyl sites for hydroxylation is 2. The van der Waals surface area contributed by atoms with Gasteiger partial charge in [-0.3, -0.25) is 13.9 Å². The van der Waals surface area contributed by atoms with E-state index in [2.05, 4.69) is 12.2 Å². The van der Waals surface area contributed by atoms with Crippen molar-refractivity contribution < 1.29 is 18.0 Å². The fourth-order valence-electron chi connectivity index (χ4n) is 3.87. The third-order valence-electron chi connectivity index (χ3n) is 5.98. The normalized spacial score (nSPS) is 12.1. The summed E-state index contributed by atoms with van der Waals surface area (Å²) in [6.45, 7) is 8.66. The van der Waals surface area contributed by atoms with Gasteiger partial charge >= 0.3 is 0 Å². The van der Waals surface area contributed by atoms with Gasteiger partial charge in [0, 0.05) is 26.1 Å². The molecule has 2 aromatic carbocycles. The molecule has 1 unspecified atom stereocenters. The second-order valence-corrected chi connectivity index (χ2v) is 11.0. The number of unbranched alkanes of at least 4 members (excludes halogenated alkanes) is 1. The summed E-state index contributed by atoms with van der Waals surface area (Å²) in [7, 11) is -3.52. The monoisotopic (exact) mass is 501 g/mol. The van der Waals surface area contributed by atoms with Gasteiger partial charge in [-0.05, 0) is 56.4 Å². The number of nitrogens with zero attached hydrogens (tertiary/aromatic N) is 2. The predicted octanol–water partition coefficient (Wildman–Crippen LogP) is 4.18. The SMILES string of the molecule is CCCCNC(=O)C(C)N(Cc1ccccc1)C(=O)CCCN(c1cc(C)ccc1C)S(C)(=O)=O. The number of hydrogen-bond donors (Lipinski definition) is 1. The molecule has 0 aromatic heterocycles. The summed E-state index contributed by atoms with van der Waals surface area (Å²) in [6, 6.07) is 14.6. The fourth-order valence-corrected chi connectivity index (χ4v) is 4.88. The molecule has 0 saturated heterocycles. The average Bonchev–Trinajstić information content (AvgIpc) is 2.81. The maximum Gasteiger partial charge on any atom is 0.242 e. The summed E-state index contributed by atoms with van der Waals surface area (Å²) >= 11 is 0. The van der Waals surface area contributed by atoms with E-state index in [0.29, 0.717) is 25.2 Å². The zero-order valence-corrected chi connectivity index (χ0v) is 22.4. The van der Waals surface area contributed by atoms with Gasteiger partial charge < -0.3 is 10.2 Å². The van der Waals surface area contributed by atoms with E-state index in [-0.39, 0.29) is 24.8 Å². The number of amides is 2. The first-order valence-electron chi connectivity index (χ1n) is 12.2. The van der Waals surface area contributed by atoms with Crippen LogP contribution in [-0.2, 0) is 26.2 Å². The van der Waals surface area contributed by atoms with Crippen LogP contribution in [0.3, 0.4) is 0 Å². The molecule has 0 radical (unpaired) electrons. The topological polar surface area (TPSA) is 86.8 Å². The fraction of sp³-hybridized carbons (Fsp3) is 0.481. The molecule has 1 N–H and O–H groups in total. The molecule has 0 spiro atoms. The lowest BCUT2D eigenvalue weighted by molar-refractivity contribution is -0.140. The molecule has 192 valence electrons. The summed E-state index contributed by atoms with van der Waals surface area (Å²) in [5, 5.41) is 2.91. The highest BCUT2D eigenvalue weighted by molar-refractivity contribution is 7.92. The van der Waals surface area contributed by atoms with Gasteiger partial charge in [0.15, 0.2) is 0 Å². The number of carbonyl (C=O) groups is 2. The first kappa shape index (κ1) is 28.4. The van der Waals surface area contributed by atoms with Crippen LogP contribution < -0.4 is 9.62 Å². The third-order valence-corrected chi connectivity index (χ3v) is 7.16. The quantitative estimate of drug-likeness (QED) is 0.417. The molecule has 0 bridgehead atoms. The van der Waals surface area contributed by atoms with E-state index in [0.717, 1.165) is 29.5 Å². The highest BCUT2D eigenvalue weighted by Crippen LogP contribution is 2.24. The van der Waals surface area contributed by atoms with Crippen molar-refractivity contribution in [2.75, 3.05) is 23.7 Å². The number of benzene rings is 2. The molecule has 0 fully saturated rings. The lowest BCUT2D eigenvalue weighted by Crippen LogP contribution is -2.48. The number of nitrogens with one attached hydrogen (secondary N) is 1. The van der Waals surface area contributed by atoms with Crippen molar-refractivity contribution in [3.05, 3.63) is 65.2 Å². The molecule has 8 heteroatoms. The Morgan fingerprint density at radius 2 is 1.71 bits per heavy atom. The van der Waals surface area contributed by atoms with Crippen molar-refractivity contribution in [1.82, 2.24) is 10.2 Å². The highest BCUT2D eigenvalue weighted by atomic mass is 32.2. The Labute approximate surface area is 210 Å². The Kier molecular flexibility index (Phi) is 10.8. The Balaban J connectivity index is 2.15. The second-order valence-electron chi connectivity index (χ2n) is 9.06. The second kappa shape index (κ2) is 13.3. The van der Waals surface area contributed by atoms with Gasteiger partial charge in [0.05, 0.1) is 11.9 Å². The molecule has 2 aromatic rings. The van der Waals surface area contributed by atoms with Gasteiger partial charge in [0.25, 0.3) is 0 Å². The number of sulfonamides is 1. The highest BCUT2D eigenvalue weighted by Gasteiger charge is 2.26. The summed E-state index contributed by atoms with van der Waals surface area (Å²) < 4.78 is 26.5. The van der Waals surface area contributed by atoms with Crippen LogP contribution >= 0.6 is 0 Å². The Morgan fingerprint density at radius 3 is 2.34 bits per heavy atom. The minimum Gasteiger partial charge on any atom is -0.354 e. The van der Waals surface area contributed by atoms with Crippen LogP contribution in [-0.4, -0.2) is 50.5 Å². The van der Waals surface area contributed by atoms with Gasteiger partial charge in [-0.15, -0.1) is 0 Å². The van der Waals surface area contributed by atoms with E-state index in [1.165, 1.54) is 10.6 Å². The number of rotatable bonds is 13. The standard InChI is InChI=1S/C27H39N3O4S/c1-6-7-17-28-27(32)23(4)29(20-24-12-9-8-10-13-24)26(31)14-11-18-30(35(5,33)34)25-19-21(2)15-16-22(25)3/h8-10,12-13,15-16,19,23H,6-7,11,14,17-18,20H2,1-5H3,(H,28,32). The lowest BCUT2D eigenvalue weighted by Gasteiger charge is -2.29. The van der Waals surface area contributed by atoms with Crippen molar-refractivity contribution in [2.45, 2.75) is 66.0 Å². The largest absolute Gasteiger partial charge is 0.354 e. The summed E-state index contributed by atoms with van der Waals surface area (Å²) in [6.07, 6.45) is 3.51. The van der Waals surface area contributed by atoms with E-state index in [4.69, 9.17) is 0 Å². The van der Waals surface area contributed by atoms with Crippen LogP contribution in [0, 0.1) is 13.8 Å². The van der Waals surface area contributed by atoms with Gasteiger partial charge in [-0.2, -0.15) is 0 Å². The first-order chi connectivity index (χ1) is 16.5. The third kappa shape index (κ3) is 8.69. The average molecular weight is 502 g/mol. The molecule has 7 nitrogen and oxygen atoms in total. The molecule has 0 saturated carbocycles. The predicted molar refractivity (Wildman–Crippen MR) is 142 cm³/mol. The molecule has 0 aliphatic heterocycles. The van der Waals surface area contributed by atoms with E-state index in [1.54, 1.807) is 11.8 Å². The Hall–Kier alpha value is -2.87. The molecular formula is C27H39N3O4S. The number of anilines is 1. The minimum absolute atomic E-state index is 0.135. The first-order valence-corrected chi connectivity index (χ1v) is 14.1. The van der Waals surface area contributed by atoms with Crippen molar-refractivity contribution >= 4 is 27.5 Å². The molecule has 0 aliphatic carbocycles. The zero-order chi connectivity index (χ0) is 26.0. The molecule has 2 rings (SSSR count). The number of hydrogen-bond acceptors (Lipinski definition) is 4. The minimum atomic E-state index is -3.52. The van der Waals surface area contributed by atoms with Crippen LogP contribution in [0.15, 0.2) is 48.5 Å². The molecular weight excluding hydrogens is 462 g/mol. The van der Waals surface area contributed by atoms with Gasteiger partial charge in [0.2, 0.25) is 21.8 Å². The van der Waals surface area contributed by atoms with Gasteiger partial charge in [0.1, 0.15) is 6.04 Å². The van der Waals surface area contributed by atoms with Crippen molar-refractivity contribution in [2.24, 2.45) is 0 Å². The maximum atomic E-state index is 13.3. The van der Waals surface area contributed by atoms with E-state index in [1.807, 2.05) is 62.4 Å².